The molecule has 0 saturated heterocycles. The molecule has 0 radical (unpaired) electrons. The molecule has 2 aromatic rings. The van der Waals surface area contributed by atoms with E-state index in [4.69, 9.17) is 4.74 Å². The Hall–Kier alpha value is -2.21. The number of nitrogens with zero attached hydrogens (tertiary/aromatic N) is 1. The van der Waals surface area contributed by atoms with Crippen molar-refractivity contribution in [2.24, 2.45) is 0 Å². The van der Waals surface area contributed by atoms with Crippen LogP contribution in [0.2, 0.25) is 0 Å². The fourth-order valence-corrected chi connectivity index (χ4v) is 2.63. The van der Waals surface area contributed by atoms with Crippen LogP contribution in [0.15, 0.2) is 30.3 Å². The summed E-state index contributed by atoms with van der Waals surface area (Å²) >= 11 is 1.49. The zero-order chi connectivity index (χ0) is 15.9. The van der Waals surface area contributed by atoms with Crippen LogP contribution in [0.5, 0.6) is 0 Å². The first-order valence-corrected chi connectivity index (χ1v) is 7.93. The number of aromatic nitrogens is 1. The van der Waals surface area contributed by atoms with Gasteiger partial charge in [-0.05, 0) is 31.6 Å². The highest BCUT2D eigenvalue weighted by molar-refractivity contribution is 7.19. The summed E-state index contributed by atoms with van der Waals surface area (Å²) < 4.78 is 6.10. The Labute approximate surface area is 133 Å². The van der Waals surface area contributed by atoms with Gasteiger partial charge in [0, 0.05) is 12.6 Å². The molecule has 1 aromatic carbocycles. The molecule has 0 saturated carbocycles. The number of amides is 1. The molecule has 2 rings (SSSR count). The van der Waals surface area contributed by atoms with E-state index in [0.717, 1.165) is 21.6 Å². The van der Waals surface area contributed by atoms with Gasteiger partial charge in [0.2, 0.25) is 0 Å². The van der Waals surface area contributed by atoms with Crippen molar-refractivity contribution in [2.45, 2.75) is 26.4 Å². The normalized spacial score (nSPS) is 12.5. The molecule has 116 valence electrons. The number of carbonyl (C=O) groups is 2. The maximum absolute atomic E-state index is 11.7. The summed E-state index contributed by atoms with van der Waals surface area (Å²) in [4.78, 5) is 27.7. The topological polar surface area (TPSA) is 68.3 Å². The summed E-state index contributed by atoms with van der Waals surface area (Å²) in [5.41, 5.74) is 0.896. The van der Waals surface area contributed by atoms with Gasteiger partial charge in [-0.1, -0.05) is 19.1 Å². The molecule has 0 aliphatic carbocycles. The third-order valence-corrected chi connectivity index (χ3v) is 3.89. The van der Waals surface area contributed by atoms with Crippen LogP contribution in [0.25, 0.3) is 16.3 Å². The smallest absolute Gasteiger partial charge is 0.331 e. The maximum atomic E-state index is 11.7. The second kappa shape index (κ2) is 7.70. The Morgan fingerprint density at radius 2 is 2.18 bits per heavy atom. The fourth-order valence-electron chi connectivity index (χ4n) is 1.76. The van der Waals surface area contributed by atoms with E-state index in [0.29, 0.717) is 6.54 Å². The lowest BCUT2D eigenvalue weighted by Crippen LogP contribution is -2.35. The largest absolute Gasteiger partial charge is 0.449 e. The minimum Gasteiger partial charge on any atom is -0.449 e. The van der Waals surface area contributed by atoms with Gasteiger partial charge in [0.1, 0.15) is 5.01 Å². The van der Waals surface area contributed by atoms with Gasteiger partial charge in [-0.15, -0.1) is 11.3 Å². The Balaban J connectivity index is 1.92. The van der Waals surface area contributed by atoms with Crippen molar-refractivity contribution in [1.82, 2.24) is 10.3 Å². The molecule has 0 aliphatic heterocycles. The van der Waals surface area contributed by atoms with Gasteiger partial charge in [-0.2, -0.15) is 0 Å². The van der Waals surface area contributed by atoms with Crippen molar-refractivity contribution >= 4 is 39.5 Å². The van der Waals surface area contributed by atoms with Crippen LogP contribution in [-0.4, -0.2) is 29.5 Å². The summed E-state index contributed by atoms with van der Waals surface area (Å²) in [5, 5.41) is 3.40. The van der Waals surface area contributed by atoms with E-state index in [-0.39, 0.29) is 5.91 Å². The van der Waals surface area contributed by atoms with E-state index >= 15 is 0 Å². The molecule has 1 heterocycles. The zero-order valence-electron chi connectivity index (χ0n) is 12.5. The first-order chi connectivity index (χ1) is 10.6. The average molecular weight is 318 g/mol. The van der Waals surface area contributed by atoms with Crippen molar-refractivity contribution in [3.63, 3.8) is 0 Å². The van der Waals surface area contributed by atoms with E-state index in [9.17, 15) is 9.59 Å². The summed E-state index contributed by atoms with van der Waals surface area (Å²) in [6.07, 6.45) is 2.92. The number of rotatable bonds is 6. The van der Waals surface area contributed by atoms with Gasteiger partial charge >= 0.3 is 5.97 Å². The van der Waals surface area contributed by atoms with Crippen LogP contribution in [0.4, 0.5) is 0 Å². The molecule has 1 atom stereocenters. The molecule has 0 spiro atoms. The fraction of sp³-hybridized carbons (Fsp3) is 0.312. The third-order valence-electron chi connectivity index (χ3n) is 2.88. The lowest BCUT2D eigenvalue weighted by atomic mass is 10.3. The van der Waals surface area contributed by atoms with Gasteiger partial charge in [0.15, 0.2) is 6.10 Å². The first-order valence-electron chi connectivity index (χ1n) is 7.12. The summed E-state index contributed by atoms with van der Waals surface area (Å²) in [7, 11) is 0. The monoisotopic (exact) mass is 318 g/mol. The molecule has 1 aromatic heterocycles. The van der Waals surface area contributed by atoms with Crippen LogP contribution in [0.3, 0.4) is 0 Å². The number of esters is 1. The number of thiazole rings is 1. The molecule has 0 fully saturated rings. The summed E-state index contributed by atoms with van der Waals surface area (Å²) in [5.74, 6) is -0.845. The highest BCUT2D eigenvalue weighted by Gasteiger charge is 2.15. The van der Waals surface area contributed by atoms with Gasteiger partial charge < -0.3 is 10.1 Å². The molecule has 1 amide bonds. The van der Waals surface area contributed by atoms with E-state index in [1.165, 1.54) is 17.4 Å². The van der Waals surface area contributed by atoms with Gasteiger partial charge in [0.25, 0.3) is 5.91 Å². The SMILES string of the molecule is CCCNC(=O)[C@H](C)OC(=O)/C=C/c1nc2ccccc2s1. The molecule has 0 aliphatic rings. The number of ether oxygens (including phenoxy) is 1. The predicted molar refractivity (Wildman–Crippen MR) is 87.5 cm³/mol. The predicted octanol–water partition coefficient (Wildman–Crippen LogP) is 2.77. The van der Waals surface area contributed by atoms with Crippen molar-refractivity contribution in [3.8, 4) is 0 Å². The molecular formula is C16H18N2O3S. The molecule has 5 nitrogen and oxygen atoms in total. The first kappa shape index (κ1) is 16.2. The molecule has 6 heteroatoms. The lowest BCUT2D eigenvalue weighted by Gasteiger charge is -2.11. The van der Waals surface area contributed by atoms with Crippen LogP contribution in [-0.2, 0) is 14.3 Å². The van der Waals surface area contributed by atoms with Gasteiger partial charge in [0.05, 0.1) is 10.2 Å². The number of para-hydroxylation sites is 1. The Kier molecular flexibility index (Phi) is 5.66. The molecule has 0 unspecified atom stereocenters. The number of fused-ring (bicyclic) bond motifs is 1. The van der Waals surface area contributed by atoms with Crippen molar-refractivity contribution < 1.29 is 14.3 Å². The number of hydrogen-bond acceptors (Lipinski definition) is 5. The molecule has 1 N–H and O–H groups in total. The van der Waals surface area contributed by atoms with E-state index in [2.05, 4.69) is 10.3 Å². The van der Waals surface area contributed by atoms with E-state index < -0.39 is 12.1 Å². The Bertz CT molecular complexity index is 661. The standard InChI is InChI=1S/C16H18N2O3S/c1-3-10-17-16(20)11(2)21-15(19)9-8-14-18-12-6-4-5-7-13(12)22-14/h4-9,11H,3,10H2,1-2H3,(H,17,20)/b9-8+/t11-/m0/s1. The van der Waals surface area contributed by atoms with Crippen LogP contribution < -0.4 is 5.32 Å². The van der Waals surface area contributed by atoms with Crippen molar-refractivity contribution in [3.05, 3.63) is 35.3 Å². The van der Waals surface area contributed by atoms with Crippen LogP contribution in [0, 0.1) is 0 Å². The Morgan fingerprint density at radius 3 is 2.91 bits per heavy atom. The average Bonchev–Trinajstić information content (AvgIpc) is 2.93. The minimum absolute atomic E-state index is 0.288. The lowest BCUT2D eigenvalue weighted by molar-refractivity contribution is -0.150. The van der Waals surface area contributed by atoms with Crippen LogP contribution >= 0.6 is 11.3 Å². The number of carbonyl (C=O) groups excluding carboxylic acids is 2. The molecule has 0 bridgehead atoms. The second-order valence-electron chi connectivity index (χ2n) is 4.72. The quantitative estimate of drug-likeness (QED) is 0.657. The highest BCUT2D eigenvalue weighted by atomic mass is 32.1. The maximum Gasteiger partial charge on any atom is 0.331 e. The number of hydrogen-bond donors (Lipinski definition) is 1. The van der Waals surface area contributed by atoms with E-state index in [1.54, 1.807) is 13.0 Å². The number of nitrogens with one attached hydrogen (secondary N) is 1. The summed E-state index contributed by atoms with van der Waals surface area (Å²) in [6, 6.07) is 7.75. The third kappa shape index (κ3) is 4.39. The minimum atomic E-state index is -0.806. The van der Waals surface area contributed by atoms with Gasteiger partial charge in [-0.3, -0.25) is 4.79 Å². The second-order valence-corrected chi connectivity index (χ2v) is 5.79. The molecule has 22 heavy (non-hydrogen) atoms. The van der Waals surface area contributed by atoms with Crippen molar-refractivity contribution in [2.75, 3.05) is 6.54 Å². The number of benzene rings is 1. The van der Waals surface area contributed by atoms with Crippen molar-refractivity contribution in [1.29, 1.82) is 0 Å². The van der Waals surface area contributed by atoms with Gasteiger partial charge in [-0.25, -0.2) is 9.78 Å². The summed E-state index contributed by atoms with van der Waals surface area (Å²) in [6.45, 7) is 4.08. The zero-order valence-corrected chi connectivity index (χ0v) is 13.4. The molecular weight excluding hydrogens is 300 g/mol. The Morgan fingerprint density at radius 1 is 1.41 bits per heavy atom. The van der Waals surface area contributed by atoms with Crippen LogP contribution in [0.1, 0.15) is 25.3 Å². The highest BCUT2D eigenvalue weighted by Crippen LogP contribution is 2.22. The van der Waals surface area contributed by atoms with E-state index in [1.807, 2.05) is 31.2 Å².